The first-order chi connectivity index (χ1) is 13.0. The minimum Gasteiger partial charge on any atom is -0.493 e. The smallest absolute Gasteiger partial charge is 0.161 e. The van der Waals surface area contributed by atoms with Gasteiger partial charge in [-0.15, -0.1) is 24.8 Å². The van der Waals surface area contributed by atoms with Gasteiger partial charge in [-0.3, -0.25) is 4.90 Å². The molecule has 4 nitrogen and oxygen atoms in total. The van der Waals surface area contributed by atoms with E-state index in [-0.39, 0.29) is 30.2 Å². The van der Waals surface area contributed by atoms with Gasteiger partial charge in [-0.25, -0.2) is 0 Å². The first-order valence-corrected chi connectivity index (χ1v) is 9.78. The second-order valence-corrected chi connectivity index (χ2v) is 8.24. The Balaban J connectivity index is 0.00000210. The van der Waals surface area contributed by atoms with Crippen LogP contribution in [0, 0.1) is 5.41 Å². The number of nitrogens with one attached hydrogen (secondary N) is 1. The van der Waals surface area contributed by atoms with Gasteiger partial charge in [0.1, 0.15) is 6.61 Å². The zero-order valence-corrected chi connectivity index (χ0v) is 19.4. The first kappa shape index (κ1) is 25.6. The maximum Gasteiger partial charge on any atom is 0.161 e. The quantitative estimate of drug-likeness (QED) is 0.676. The van der Waals surface area contributed by atoms with E-state index >= 15 is 0 Å². The Bertz CT molecular complexity index is 729. The third kappa shape index (κ3) is 6.78. The molecule has 1 N–H and O–H groups in total. The van der Waals surface area contributed by atoms with E-state index in [1.54, 1.807) is 7.11 Å². The number of ether oxygens (including phenoxy) is 2. The number of rotatable bonds is 6. The van der Waals surface area contributed by atoms with Crippen molar-refractivity contribution in [3.8, 4) is 11.5 Å². The van der Waals surface area contributed by atoms with Crippen LogP contribution in [0.4, 0.5) is 0 Å². The van der Waals surface area contributed by atoms with Crippen molar-refractivity contribution in [3.05, 3.63) is 59.7 Å². The summed E-state index contributed by atoms with van der Waals surface area (Å²) in [4.78, 5) is 2.58. The Hall–Kier alpha value is -1.46. The lowest BCUT2D eigenvalue weighted by molar-refractivity contribution is 0.0860. The lowest BCUT2D eigenvalue weighted by Crippen LogP contribution is -2.48. The molecule has 1 aliphatic heterocycles. The number of hydrogen-bond donors (Lipinski definition) is 1. The summed E-state index contributed by atoms with van der Waals surface area (Å²) in [7, 11) is 1.71. The fraction of sp³-hybridized carbons (Fsp3) is 0.478. The molecular weight excluding hydrogens is 407 g/mol. The predicted molar refractivity (Wildman–Crippen MR) is 125 cm³/mol. The average Bonchev–Trinajstić information content (AvgIpc) is 2.67. The molecule has 162 valence electrons. The van der Waals surface area contributed by atoms with Crippen molar-refractivity contribution in [3.63, 3.8) is 0 Å². The van der Waals surface area contributed by atoms with Crippen LogP contribution < -0.4 is 14.8 Å². The molecule has 1 atom stereocenters. The van der Waals surface area contributed by atoms with Gasteiger partial charge in [-0.1, -0.05) is 57.2 Å². The average molecular weight is 441 g/mol. The fourth-order valence-corrected chi connectivity index (χ4v) is 3.91. The molecular formula is C23H34Cl2N2O2. The highest BCUT2D eigenvalue weighted by Crippen LogP contribution is 2.41. The maximum atomic E-state index is 6.03. The molecule has 2 aromatic carbocycles. The van der Waals surface area contributed by atoms with E-state index in [4.69, 9.17) is 9.47 Å². The van der Waals surface area contributed by atoms with Crippen LogP contribution in [0.15, 0.2) is 48.5 Å². The van der Waals surface area contributed by atoms with Crippen molar-refractivity contribution in [2.45, 2.75) is 33.4 Å². The summed E-state index contributed by atoms with van der Waals surface area (Å²) in [6.45, 7) is 11.7. The normalized spacial score (nSPS) is 15.6. The largest absolute Gasteiger partial charge is 0.493 e. The van der Waals surface area contributed by atoms with E-state index in [1.165, 1.54) is 5.56 Å². The first-order valence-electron chi connectivity index (χ1n) is 9.78. The number of nitrogens with zero attached hydrogens (tertiary/aromatic N) is 1. The minimum atomic E-state index is 0. The molecule has 1 aliphatic rings. The van der Waals surface area contributed by atoms with Crippen LogP contribution in [0.2, 0.25) is 0 Å². The second kappa shape index (κ2) is 11.7. The molecule has 0 bridgehead atoms. The molecule has 1 fully saturated rings. The van der Waals surface area contributed by atoms with Crippen LogP contribution in [0.25, 0.3) is 0 Å². The lowest BCUT2D eigenvalue weighted by atomic mass is 9.81. The van der Waals surface area contributed by atoms with E-state index in [0.717, 1.165) is 43.2 Å². The van der Waals surface area contributed by atoms with E-state index in [2.05, 4.69) is 61.3 Å². The molecule has 0 radical (unpaired) electrons. The van der Waals surface area contributed by atoms with Crippen LogP contribution in [0.3, 0.4) is 0 Å². The summed E-state index contributed by atoms with van der Waals surface area (Å²) >= 11 is 0. The van der Waals surface area contributed by atoms with Gasteiger partial charge in [0.25, 0.3) is 0 Å². The van der Waals surface area contributed by atoms with Crippen molar-refractivity contribution in [1.29, 1.82) is 0 Å². The summed E-state index contributed by atoms with van der Waals surface area (Å²) < 4.78 is 11.7. The number of piperazine rings is 1. The number of methoxy groups -OCH3 is 1. The highest BCUT2D eigenvalue weighted by atomic mass is 35.5. The topological polar surface area (TPSA) is 33.7 Å². The van der Waals surface area contributed by atoms with Gasteiger partial charge in [0.15, 0.2) is 11.5 Å². The van der Waals surface area contributed by atoms with Gasteiger partial charge in [0, 0.05) is 32.2 Å². The molecule has 6 heteroatoms. The molecule has 3 rings (SSSR count). The van der Waals surface area contributed by atoms with Crippen LogP contribution in [0.5, 0.6) is 11.5 Å². The summed E-state index contributed by atoms with van der Waals surface area (Å²) in [5.74, 6) is 1.59. The summed E-state index contributed by atoms with van der Waals surface area (Å²) in [6.07, 6.45) is 0. The molecule has 29 heavy (non-hydrogen) atoms. The summed E-state index contributed by atoms with van der Waals surface area (Å²) in [5.41, 5.74) is 2.57. The molecule has 0 amide bonds. The standard InChI is InChI=1S/C23H32N2O2.2ClH/c1-23(2,3)22(25-14-12-24-13-15-25)19-10-11-20(21(16-19)26-4)27-17-18-8-6-5-7-9-18;;/h5-11,16,22,24H,12-15,17H2,1-4H3;2*1H/t22-;;/m1../s1. The van der Waals surface area contributed by atoms with Crippen molar-refractivity contribution < 1.29 is 9.47 Å². The highest BCUT2D eigenvalue weighted by Gasteiger charge is 2.33. The van der Waals surface area contributed by atoms with Gasteiger partial charge >= 0.3 is 0 Å². The zero-order valence-electron chi connectivity index (χ0n) is 17.8. The molecule has 0 aliphatic carbocycles. The molecule has 2 aromatic rings. The van der Waals surface area contributed by atoms with Crippen LogP contribution in [0.1, 0.15) is 37.9 Å². The van der Waals surface area contributed by atoms with Crippen molar-refractivity contribution in [1.82, 2.24) is 10.2 Å². The van der Waals surface area contributed by atoms with Crippen LogP contribution in [-0.4, -0.2) is 38.2 Å². The Morgan fingerprint density at radius 1 is 0.966 bits per heavy atom. The van der Waals surface area contributed by atoms with E-state index < -0.39 is 0 Å². The summed E-state index contributed by atoms with van der Waals surface area (Å²) in [6, 6.07) is 17.0. The minimum absolute atomic E-state index is 0. The number of halogens is 2. The molecule has 0 saturated carbocycles. The molecule has 0 unspecified atom stereocenters. The second-order valence-electron chi connectivity index (χ2n) is 8.24. The van der Waals surface area contributed by atoms with E-state index in [9.17, 15) is 0 Å². The molecule has 1 saturated heterocycles. The predicted octanol–water partition coefficient (Wildman–Crippen LogP) is 5.11. The number of benzene rings is 2. The third-order valence-corrected chi connectivity index (χ3v) is 5.08. The zero-order chi connectivity index (χ0) is 19.3. The van der Waals surface area contributed by atoms with Gasteiger partial charge < -0.3 is 14.8 Å². The van der Waals surface area contributed by atoms with Gasteiger partial charge in [-0.2, -0.15) is 0 Å². The highest BCUT2D eigenvalue weighted by molar-refractivity contribution is 5.85. The van der Waals surface area contributed by atoms with E-state index in [0.29, 0.717) is 12.6 Å². The van der Waals surface area contributed by atoms with Crippen LogP contribution in [-0.2, 0) is 6.61 Å². The number of hydrogen-bond acceptors (Lipinski definition) is 4. The van der Waals surface area contributed by atoms with Crippen molar-refractivity contribution in [2.75, 3.05) is 33.3 Å². The Morgan fingerprint density at radius 3 is 2.21 bits per heavy atom. The van der Waals surface area contributed by atoms with Gasteiger partial charge in [0.2, 0.25) is 0 Å². The van der Waals surface area contributed by atoms with Crippen molar-refractivity contribution in [2.24, 2.45) is 5.41 Å². The van der Waals surface area contributed by atoms with Gasteiger partial charge in [-0.05, 0) is 28.7 Å². The Kier molecular flexibility index (Phi) is 10.3. The van der Waals surface area contributed by atoms with Crippen molar-refractivity contribution >= 4 is 24.8 Å². The fourth-order valence-electron chi connectivity index (χ4n) is 3.91. The maximum absolute atomic E-state index is 6.03. The molecule has 1 heterocycles. The summed E-state index contributed by atoms with van der Waals surface area (Å²) in [5, 5.41) is 3.45. The van der Waals surface area contributed by atoms with E-state index in [1.807, 2.05) is 18.2 Å². The SMILES string of the molecule is COc1cc([C@@H](N2CCNCC2)C(C)(C)C)ccc1OCc1ccccc1.Cl.Cl. The molecule has 0 aromatic heterocycles. The Morgan fingerprint density at radius 2 is 1.62 bits per heavy atom. The Labute approximate surface area is 187 Å². The van der Waals surface area contributed by atoms with Gasteiger partial charge in [0.05, 0.1) is 7.11 Å². The monoisotopic (exact) mass is 440 g/mol. The van der Waals surface area contributed by atoms with Crippen LogP contribution >= 0.6 is 24.8 Å². The third-order valence-electron chi connectivity index (χ3n) is 5.08. The lowest BCUT2D eigenvalue weighted by Gasteiger charge is -2.42. The molecule has 0 spiro atoms.